The SMILES string of the molecule is Cc1ccc(C)c(CC(NN)c2snnc2C(C)C)c1. The number of aromatic nitrogens is 2. The van der Waals surface area contributed by atoms with Crippen LogP contribution in [0, 0.1) is 13.8 Å². The highest BCUT2D eigenvalue weighted by atomic mass is 32.1. The van der Waals surface area contributed by atoms with Gasteiger partial charge in [-0.05, 0) is 48.8 Å². The lowest BCUT2D eigenvalue weighted by molar-refractivity contribution is 0.550. The summed E-state index contributed by atoms with van der Waals surface area (Å²) in [6.07, 6.45) is 0.855. The number of nitrogens with one attached hydrogen (secondary N) is 1. The third-order valence-electron chi connectivity index (χ3n) is 3.53. The molecule has 20 heavy (non-hydrogen) atoms. The monoisotopic (exact) mass is 290 g/mol. The van der Waals surface area contributed by atoms with Crippen molar-refractivity contribution in [3.05, 3.63) is 45.5 Å². The average Bonchev–Trinajstić information content (AvgIpc) is 2.89. The first kappa shape index (κ1) is 15.1. The van der Waals surface area contributed by atoms with Crippen LogP contribution >= 0.6 is 11.5 Å². The normalized spacial score (nSPS) is 12.9. The topological polar surface area (TPSA) is 63.8 Å². The standard InChI is InChI=1S/C15H22N4S/c1-9(2)14-15(20-19-18-14)13(17-16)8-12-7-10(3)5-6-11(12)4/h5-7,9,13,17H,8,16H2,1-4H3. The predicted molar refractivity (Wildman–Crippen MR) is 83.7 cm³/mol. The first-order chi connectivity index (χ1) is 9.52. The Morgan fingerprint density at radius 2 is 2.05 bits per heavy atom. The molecule has 1 aromatic carbocycles. The first-order valence-electron chi connectivity index (χ1n) is 6.87. The minimum atomic E-state index is 0.0629. The van der Waals surface area contributed by atoms with Crippen molar-refractivity contribution in [1.29, 1.82) is 0 Å². The van der Waals surface area contributed by atoms with Gasteiger partial charge in [0, 0.05) is 0 Å². The molecule has 0 aliphatic carbocycles. The minimum Gasteiger partial charge on any atom is -0.271 e. The van der Waals surface area contributed by atoms with Crippen molar-refractivity contribution in [2.24, 2.45) is 5.84 Å². The van der Waals surface area contributed by atoms with Crippen molar-refractivity contribution < 1.29 is 0 Å². The number of rotatable bonds is 5. The van der Waals surface area contributed by atoms with E-state index in [0.717, 1.165) is 17.0 Å². The summed E-state index contributed by atoms with van der Waals surface area (Å²) in [5.74, 6) is 6.13. The molecule has 0 aliphatic rings. The lowest BCUT2D eigenvalue weighted by atomic mass is 9.96. The predicted octanol–water partition coefficient (Wildman–Crippen LogP) is 3.03. The Morgan fingerprint density at radius 1 is 1.30 bits per heavy atom. The smallest absolute Gasteiger partial charge is 0.0829 e. The highest BCUT2D eigenvalue weighted by molar-refractivity contribution is 7.05. The highest BCUT2D eigenvalue weighted by Gasteiger charge is 2.21. The molecule has 5 heteroatoms. The number of aryl methyl sites for hydroxylation is 2. The van der Waals surface area contributed by atoms with Gasteiger partial charge in [0.1, 0.15) is 0 Å². The second-order valence-corrected chi connectivity index (χ2v) is 6.32. The fourth-order valence-electron chi connectivity index (χ4n) is 2.31. The van der Waals surface area contributed by atoms with E-state index in [1.54, 1.807) is 0 Å². The van der Waals surface area contributed by atoms with Gasteiger partial charge in [-0.25, -0.2) is 0 Å². The van der Waals surface area contributed by atoms with Crippen LogP contribution in [0.25, 0.3) is 0 Å². The van der Waals surface area contributed by atoms with Gasteiger partial charge in [0.25, 0.3) is 0 Å². The molecule has 2 aromatic rings. The molecule has 1 atom stereocenters. The van der Waals surface area contributed by atoms with E-state index in [0.29, 0.717) is 5.92 Å². The van der Waals surface area contributed by atoms with E-state index in [9.17, 15) is 0 Å². The van der Waals surface area contributed by atoms with Crippen molar-refractivity contribution in [3.8, 4) is 0 Å². The van der Waals surface area contributed by atoms with Crippen molar-refractivity contribution in [1.82, 2.24) is 15.0 Å². The molecule has 0 saturated heterocycles. The Hall–Kier alpha value is -1.30. The van der Waals surface area contributed by atoms with E-state index in [4.69, 9.17) is 5.84 Å². The van der Waals surface area contributed by atoms with Crippen molar-refractivity contribution in [3.63, 3.8) is 0 Å². The van der Waals surface area contributed by atoms with E-state index < -0.39 is 0 Å². The third kappa shape index (κ3) is 3.23. The average molecular weight is 290 g/mol. The molecule has 0 saturated carbocycles. The van der Waals surface area contributed by atoms with Gasteiger partial charge in [-0.1, -0.05) is 42.1 Å². The second kappa shape index (κ2) is 6.43. The minimum absolute atomic E-state index is 0.0629. The lowest BCUT2D eigenvalue weighted by Crippen LogP contribution is -2.30. The number of hydrazine groups is 1. The molecular weight excluding hydrogens is 268 g/mol. The zero-order valence-corrected chi connectivity index (χ0v) is 13.3. The largest absolute Gasteiger partial charge is 0.271 e. The zero-order chi connectivity index (χ0) is 14.7. The van der Waals surface area contributed by atoms with Gasteiger partial charge in [0.2, 0.25) is 0 Å². The Bertz CT molecular complexity index is 577. The molecule has 0 spiro atoms. The molecule has 4 nitrogen and oxygen atoms in total. The summed E-state index contributed by atoms with van der Waals surface area (Å²) in [7, 11) is 0. The summed E-state index contributed by atoms with van der Waals surface area (Å²) in [5, 5.41) is 4.24. The molecule has 1 unspecified atom stereocenters. The number of nitrogens with zero attached hydrogens (tertiary/aromatic N) is 2. The van der Waals surface area contributed by atoms with Crippen LogP contribution in [0.15, 0.2) is 18.2 Å². The first-order valence-corrected chi connectivity index (χ1v) is 7.64. The fraction of sp³-hybridized carbons (Fsp3) is 0.467. The zero-order valence-electron chi connectivity index (χ0n) is 12.5. The van der Waals surface area contributed by atoms with Gasteiger partial charge in [0.05, 0.1) is 16.6 Å². The number of hydrogen-bond donors (Lipinski definition) is 2. The molecule has 0 aliphatic heterocycles. The van der Waals surface area contributed by atoms with E-state index >= 15 is 0 Å². The molecule has 3 N–H and O–H groups in total. The van der Waals surface area contributed by atoms with Crippen LogP contribution < -0.4 is 11.3 Å². The van der Waals surface area contributed by atoms with Crippen molar-refractivity contribution >= 4 is 11.5 Å². The maximum absolute atomic E-state index is 5.77. The summed E-state index contributed by atoms with van der Waals surface area (Å²) in [6, 6.07) is 6.58. The Kier molecular flexibility index (Phi) is 4.86. The molecule has 0 radical (unpaired) electrons. The van der Waals surface area contributed by atoms with Crippen LogP contribution in [0.1, 0.15) is 53.1 Å². The third-order valence-corrected chi connectivity index (χ3v) is 4.39. The molecule has 0 fully saturated rings. The number of benzene rings is 1. The van der Waals surface area contributed by atoms with Gasteiger partial charge in [-0.3, -0.25) is 11.3 Å². The van der Waals surface area contributed by atoms with Crippen molar-refractivity contribution in [2.75, 3.05) is 0 Å². The van der Waals surface area contributed by atoms with E-state index in [1.165, 1.54) is 28.2 Å². The molecule has 1 aromatic heterocycles. The molecule has 2 rings (SSSR count). The molecule has 108 valence electrons. The molecular formula is C15H22N4S. The van der Waals surface area contributed by atoms with Crippen LogP contribution in [-0.4, -0.2) is 9.59 Å². The molecule has 1 heterocycles. The van der Waals surface area contributed by atoms with Gasteiger partial charge < -0.3 is 0 Å². The van der Waals surface area contributed by atoms with Gasteiger partial charge in [0.15, 0.2) is 0 Å². The number of hydrogen-bond acceptors (Lipinski definition) is 5. The van der Waals surface area contributed by atoms with Crippen molar-refractivity contribution in [2.45, 2.75) is 46.1 Å². The van der Waals surface area contributed by atoms with Crippen LogP contribution in [0.4, 0.5) is 0 Å². The Morgan fingerprint density at radius 3 is 2.70 bits per heavy atom. The Labute approximate surface area is 124 Å². The fourth-order valence-corrected chi connectivity index (χ4v) is 3.18. The van der Waals surface area contributed by atoms with Crippen LogP contribution in [-0.2, 0) is 6.42 Å². The summed E-state index contributed by atoms with van der Waals surface area (Å²) < 4.78 is 4.09. The summed E-state index contributed by atoms with van der Waals surface area (Å²) >= 11 is 1.44. The van der Waals surface area contributed by atoms with E-state index in [-0.39, 0.29) is 6.04 Å². The maximum atomic E-state index is 5.77. The van der Waals surface area contributed by atoms with Crippen LogP contribution in [0.3, 0.4) is 0 Å². The molecule has 0 bridgehead atoms. The van der Waals surface area contributed by atoms with Crippen LogP contribution in [0.5, 0.6) is 0 Å². The maximum Gasteiger partial charge on any atom is 0.0829 e. The van der Waals surface area contributed by atoms with E-state index in [1.807, 2.05) is 0 Å². The van der Waals surface area contributed by atoms with Crippen LogP contribution in [0.2, 0.25) is 0 Å². The van der Waals surface area contributed by atoms with E-state index in [2.05, 4.69) is 60.9 Å². The Balaban J connectivity index is 2.29. The van der Waals surface area contributed by atoms with Gasteiger partial charge in [-0.2, -0.15) is 0 Å². The summed E-state index contributed by atoms with van der Waals surface area (Å²) in [4.78, 5) is 1.14. The van der Waals surface area contributed by atoms with Gasteiger partial charge >= 0.3 is 0 Å². The highest BCUT2D eigenvalue weighted by Crippen LogP contribution is 2.29. The molecule has 0 amide bonds. The quantitative estimate of drug-likeness (QED) is 0.656. The second-order valence-electron chi connectivity index (χ2n) is 5.53. The lowest BCUT2D eigenvalue weighted by Gasteiger charge is -2.18. The van der Waals surface area contributed by atoms with Gasteiger partial charge in [-0.15, -0.1) is 5.10 Å². The summed E-state index contributed by atoms with van der Waals surface area (Å²) in [6.45, 7) is 8.51. The summed E-state index contributed by atoms with van der Waals surface area (Å²) in [5.41, 5.74) is 7.85. The number of nitrogens with two attached hydrogens (primary N) is 1.